The average Bonchev–Trinajstić information content (AvgIpc) is 2.39. The Morgan fingerprint density at radius 2 is 1.67 bits per heavy atom. The van der Waals surface area contributed by atoms with Crippen molar-refractivity contribution in [2.75, 3.05) is 11.5 Å². The van der Waals surface area contributed by atoms with Gasteiger partial charge >= 0.3 is 0 Å². The summed E-state index contributed by atoms with van der Waals surface area (Å²) in [4.78, 5) is 0. The summed E-state index contributed by atoms with van der Waals surface area (Å²) in [7, 11) is -2.72. The highest BCUT2D eigenvalue weighted by molar-refractivity contribution is 7.91. The predicted molar refractivity (Wildman–Crippen MR) is 75.5 cm³/mol. The van der Waals surface area contributed by atoms with Crippen LogP contribution in [0.25, 0.3) is 0 Å². The number of rotatable bonds is 4. The number of hydrogen-bond donors (Lipinski definition) is 1. The molecule has 2 rings (SSSR count). The Bertz CT molecular complexity index is 333. The van der Waals surface area contributed by atoms with Crippen molar-refractivity contribution in [3.8, 4) is 0 Å². The number of nitrogens with one attached hydrogen (secondary N) is 1. The van der Waals surface area contributed by atoms with Crippen LogP contribution in [0.15, 0.2) is 0 Å². The largest absolute Gasteiger partial charge is 0.311 e. The highest BCUT2D eigenvalue weighted by Gasteiger charge is 2.28. The van der Waals surface area contributed by atoms with Crippen molar-refractivity contribution < 1.29 is 8.42 Å². The summed E-state index contributed by atoms with van der Waals surface area (Å²) >= 11 is 0. The van der Waals surface area contributed by atoms with Gasteiger partial charge in [0.15, 0.2) is 0 Å². The van der Waals surface area contributed by atoms with E-state index in [0.29, 0.717) is 23.6 Å². The molecule has 3 nitrogen and oxygen atoms in total. The van der Waals surface area contributed by atoms with Gasteiger partial charge in [-0.25, -0.2) is 8.42 Å². The molecule has 2 aliphatic rings. The maximum absolute atomic E-state index is 11.4. The molecule has 1 atom stereocenters. The smallest absolute Gasteiger partial charge is 0.150 e. The lowest BCUT2D eigenvalue weighted by molar-refractivity contribution is 0.240. The zero-order valence-electron chi connectivity index (χ0n) is 11.5. The fraction of sp³-hybridized carbons (Fsp3) is 1.00. The maximum Gasteiger partial charge on any atom is 0.150 e. The Balaban J connectivity index is 1.83. The molecule has 1 aliphatic heterocycles. The Labute approximate surface area is 112 Å². The third-order valence-corrected chi connectivity index (χ3v) is 6.38. The monoisotopic (exact) mass is 273 g/mol. The third-order valence-electron chi connectivity index (χ3n) is 4.66. The SMILES string of the molecule is CCC(NC1CCS(=O)(=O)CC1)C1CCCCC1. The van der Waals surface area contributed by atoms with Crippen LogP contribution in [0, 0.1) is 5.92 Å². The van der Waals surface area contributed by atoms with E-state index in [9.17, 15) is 8.42 Å². The molecule has 0 aromatic carbocycles. The van der Waals surface area contributed by atoms with Crippen LogP contribution in [-0.4, -0.2) is 32.0 Å². The van der Waals surface area contributed by atoms with E-state index in [-0.39, 0.29) is 0 Å². The van der Waals surface area contributed by atoms with E-state index in [1.165, 1.54) is 38.5 Å². The molecule has 0 bridgehead atoms. The van der Waals surface area contributed by atoms with Crippen molar-refractivity contribution in [2.24, 2.45) is 5.92 Å². The molecule has 2 fully saturated rings. The van der Waals surface area contributed by atoms with Gasteiger partial charge in [-0.2, -0.15) is 0 Å². The maximum atomic E-state index is 11.4. The van der Waals surface area contributed by atoms with E-state index in [2.05, 4.69) is 12.2 Å². The van der Waals surface area contributed by atoms with Crippen LogP contribution in [0.3, 0.4) is 0 Å². The summed E-state index contributed by atoms with van der Waals surface area (Å²) in [6.07, 6.45) is 9.66. The molecular formula is C14H27NO2S. The molecule has 4 heteroatoms. The highest BCUT2D eigenvalue weighted by Crippen LogP contribution is 2.28. The summed E-state index contributed by atoms with van der Waals surface area (Å²) in [5.41, 5.74) is 0. The summed E-state index contributed by atoms with van der Waals surface area (Å²) in [5, 5.41) is 3.75. The fourth-order valence-corrected chi connectivity index (χ4v) is 4.97. The Morgan fingerprint density at radius 3 is 2.22 bits per heavy atom. The van der Waals surface area contributed by atoms with Gasteiger partial charge in [-0.15, -0.1) is 0 Å². The van der Waals surface area contributed by atoms with Crippen molar-refractivity contribution in [1.29, 1.82) is 0 Å². The molecule has 1 saturated carbocycles. The standard InChI is InChI=1S/C14H27NO2S/c1-2-14(12-6-4-3-5-7-12)15-13-8-10-18(16,17)11-9-13/h12-15H,2-11H2,1H3. The van der Waals surface area contributed by atoms with E-state index in [1.54, 1.807) is 0 Å². The quantitative estimate of drug-likeness (QED) is 0.856. The van der Waals surface area contributed by atoms with Gasteiger partial charge in [-0.3, -0.25) is 0 Å². The van der Waals surface area contributed by atoms with Crippen molar-refractivity contribution in [3.05, 3.63) is 0 Å². The first-order chi connectivity index (χ1) is 8.61. The lowest BCUT2D eigenvalue weighted by Crippen LogP contribution is -2.46. The van der Waals surface area contributed by atoms with Gasteiger partial charge < -0.3 is 5.32 Å². The Morgan fingerprint density at radius 1 is 1.06 bits per heavy atom. The molecule has 0 spiro atoms. The first-order valence-corrected chi connectivity index (χ1v) is 9.39. The zero-order valence-corrected chi connectivity index (χ0v) is 12.3. The average molecular weight is 273 g/mol. The van der Waals surface area contributed by atoms with Crippen molar-refractivity contribution in [1.82, 2.24) is 5.32 Å². The van der Waals surface area contributed by atoms with Crippen LogP contribution in [0.4, 0.5) is 0 Å². The van der Waals surface area contributed by atoms with Gasteiger partial charge in [-0.05, 0) is 38.0 Å². The molecule has 1 saturated heterocycles. The van der Waals surface area contributed by atoms with Gasteiger partial charge in [0.25, 0.3) is 0 Å². The van der Waals surface area contributed by atoms with Crippen LogP contribution in [0.1, 0.15) is 58.3 Å². The first kappa shape index (κ1) is 14.3. The van der Waals surface area contributed by atoms with E-state index >= 15 is 0 Å². The Kier molecular flexibility index (Phi) is 5.07. The summed E-state index contributed by atoms with van der Waals surface area (Å²) in [5.74, 6) is 1.58. The third kappa shape index (κ3) is 3.95. The second-order valence-corrected chi connectivity index (χ2v) is 8.31. The topological polar surface area (TPSA) is 46.2 Å². The number of sulfone groups is 1. The minimum absolute atomic E-state index is 0.381. The van der Waals surface area contributed by atoms with E-state index in [1.807, 2.05) is 0 Å². The van der Waals surface area contributed by atoms with Gasteiger partial charge in [-0.1, -0.05) is 26.2 Å². The molecule has 1 aliphatic carbocycles. The second-order valence-electron chi connectivity index (χ2n) is 6.01. The van der Waals surface area contributed by atoms with Gasteiger partial charge in [0.2, 0.25) is 0 Å². The molecule has 0 aromatic rings. The van der Waals surface area contributed by atoms with Crippen LogP contribution >= 0.6 is 0 Å². The molecule has 106 valence electrons. The lowest BCUT2D eigenvalue weighted by Gasteiger charge is -2.34. The van der Waals surface area contributed by atoms with E-state index < -0.39 is 9.84 Å². The molecule has 18 heavy (non-hydrogen) atoms. The molecular weight excluding hydrogens is 246 g/mol. The molecule has 0 aromatic heterocycles. The minimum atomic E-state index is -2.72. The predicted octanol–water partition coefficient (Wildman–Crippen LogP) is 2.51. The molecule has 0 radical (unpaired) electrons. The zero-order chi connectivity index (χ0) is 13.0. The van der Waals surface area contributed by atoms with Gasteiger partial charge in [0, 0.05) is 12.1 Å². The molecule has 1 unspecified atom stereocenters. The van der Waals surface area contributed by atoms with Crippen LogP contribution in [0.5, 0.6) is 0 Å². The van der Waals surface area contributed by atoms with Gasteiger partial charge in [0.1, 0.15) is 9.84 Å². The lowest BCUT2D eigenvalue weighted by atomic mass is 9.82. The summed E-state index contributed by atoms with van der Waals surface area (Å²) < 4.78 is 22.9. The molecule has 0 amide bonds. The second kappa shape index (κ2) is 6.38. The molecule has 1 heterocycles. The summed E-state index contributed by atoms with van der Waals surface area (Å²) in [6.45, 7) is 2.26. The van der Waals surface area contributed by atoms with Crippen LogP contribution < -0.4 is 5.32 Å². The normalized spacial score (nSPS) is 28.1. The van der Waals surface area contributed by atoms with Gasteiger partial charge in [0.05, 0.1) is 11.5 Å². The Hall–Kier alpha value is -0.0900. The van der Waals surface area contributed by atoms with Crippen LogP contribution in [0.2, 0.25) is 0 Å². The summed E-state index contributed by atoms with van der Waals surface area (Å²) in [6, 6.07) is 1.04. The molecule has 1 N–H and O–H groups in total. The number of hydrogen-bond acceptors (Lipinski definition) is 3. The van der Waals surface area contributed by atoms with Crippen molar-refractivity contribution in [2.45, 2.75) is 70.4 Å². The fourth-order valence-electron chi connectivity index (χ4n) is 3.48. The van der Waals surface area contributed by atoms with Crippen LogP contribution in [-0.2, 0) is 9.84 Å². The van der Waals surface area contributed by atoms with E-state index in [0.717, 1.165) is 18.8 Å². The van der Waals surface area contributed by atoms with E-state index in [4.69, 9.17) is 0 Å². The van der Waals surface area contributed by atoms with Crippen molar-refractivity contribution in [3.63, 3.8) is 0 Å². The minimum Gasteiger partial charge on any atom is -0.311 e. The first-order valence-electron chi connectivity index (χ1n) is 7.57. The highest BCUT2D eigenvalue weighted by atomic mass is 32.2. The van der Waals surface area contributed by atoms with Crippen molar-refractivity contribution >= 4 is 9.84 Å².